The highest BCUT2D eigenvalue weighted by Crippen LogP contribution is 2.44. The molecule has 0 N–H and O–H groups in total. The third-order valence-corrected chi connectivity index (χ3v) is 5.42. The Morgan fingerprint density at radius 3 is 2.76 bits per heavy atom. The summed E-state index contributed by atoms with van der Waals surface area (Å²) in [7, 11) is 0. The van der Waals surface area contributed by atoms with Gasteiger partial charge in [0, 0.05) is 12.5 Å². The van der Waals surface area contributed by atoms with Gasteiger partial charge in [-0.15, -0.1) is 10.2 Å². The Labute approximate surface area is 176 Å². The molecule has 1 atom stereocenters. The molecule has 0 saturated heterocycles. The van der Waals surface area contributed by atoms with E-state index in [0.717, 1.165) is 5.75 Å². The predicted octanol–water partition coefficient (Wildman–Crippen LogP) is 4.89. The molecule has 29 heavy (non-hydrogen) atoms. The van der Waals surface area contributed by atoms with E-state index in [4.69, 9.17) is 16.3 Å². The van der Waals surface area contributed by atoms with Crippen LogP contribution >= 0.6 is 23.4 Å². The maximum absolute atomic E-state index is 14.8. The molecule has 1 aliphatic heterocycles. The normalized spacial score (nSPS) is 15.2. The molecule has 6 nitrogen and oxygen atoms in total. The van der Waals surface area contributed by atoms with E-state index in [1.807, 2.05) is 13.0 Å². The molecule has 1 unspecified atom stereocenters. The van der Waals surface area contributed by atoms with Crippen molar-refractivity contribution < 1.29 is 13.9 Å². The van der Waals surface area contributed by atoms with Gasteiger partial charge in [-0.2, -0.15) is 4.98 Å². The van der Waals surface area contributed by atoms with Crippen LogP contribution in [0.15, 0.2) is 47.6 Å². The minimum absolute atomic E-state index is 0.0512. The van der Waals surface area contributed by atoms with Gasteiger partial charge in [0.05, 0.1) is 16.3 Å². The number of fused-ring (bicyclic) bond motifs is 3. The molecule has 0 aliphatic carbocycles. The summed E-state index contributed by atoms with van der Waals surface area (Å²) in [5, 5.41) is 9.00. The minimum Gasteiger partial charge on any atom is -0.447 e. The molecule has 4 rings (SSSR count). The highest BCUT2D eigenvalue weighted by atomic mass is 35.5. The molecule has 0 radical (unpaired) electrons. The lowest BCUT2D eigenvalue weighted by Gasteiger charge is -2.30. The van der Waals surface area contributed by atoms with Crippen LogP contribution in [0.4, 0.5) is 10.1 Å². The maximum atomic E-state index is 14.8. The van der Waals surface area contributed by atoms with Crippen LogP contribution in [0, 0.1) is 5.82 Å². The largest absolute Gasteiger partial charge is 0.447 e. The van der Waals surface area contributed by atoms with Crippen molar-refractivity contribution in [2.24, 2.45) is 0 Å². The molecule has 0 saturated carbocycles. The quantitative estimate of drug-likeness (QED) is 0.551. The molecule has 0 fully saturated rings. The fourth-order valence-corrected chi connectivity index (χ4v) is 3.94. The highest BCUT2D eigenvalue weighted by molar-refractivity contribution is 7.99. The van der Waals surface area contributed by atoms with Gasteiger partial charge < -0.3 is 4.74 Å². The number of nitrogens with zero attached hydrogens (tertiary/aromatic N) is 4. The second-order valence-corrected chi connectivity index (χ2v) is 7.83. The summed E-state index contributed by atoms with van der Waals surface area (Å²) in [5.41, 5.74) is 1.55. The first-order chi connectivity index (χ1) is 14.0. The molecule has 148 valence electrons. The number of amides is 1. The van der Waals surface area contributed by atoms with Crippen LogP contribution in [-0.4, -0.2) is 26.8 Å². The Kier molecular flexibility index (Phi) is 5.38. The molecular weight excluding hydrogens is 415 g/mol. The number of thioether (sulfide) groups is 1. The van der Waals surface area contributed by atoms with Gasteiger partial charge in [-0.3, -0.25) is 9.69 Å². The van der Waals surface area contributed by atoms with Crippen molar-refractivity contribution in [2.75, 3.05) is 10.7 Å². The summed E-state index contributed by atoms with van der Waals surface area (Å²) >= 11 is 7.71. The summed E-state index contributed by atoms with van der Waals surface area (Å²) in [6.07, 6.45) is -1.15. The lowest BCUT2D eigenvalue weighted by molar-refractivity contribution is -0.118. The van der Waals surface area contributed by atoms with Gasteiger partial charge in [-0.1, -0.05) is 54.6 Å². The van der Waals surface area contributed by atoms with E-state index in [2.05, 4.69) is 15.2 Å². The number of benzene rings is 2. The molecule has 0 bridgehead atoms. The maximum Gasteiger partial charge on any atom is 0.247 e. The number of carbonyl (C=O) groups excluding carboxylic acids is 1. The molecular formula is C20H16ClFN4O2S. The molecule has 9 heteroatoms. The summed E-state index contributed by atoms with van der Waals surface area (Å²) < 4.78 is 20.9. The molecule has 1 amide bonds. The Hall–Kier alpha value is -2.71. The predicted molar refractivity (Wildman–Crippen MR) is 110 cm³/mol. The van der Waals surface area contributed by atoms with E-state index in [9.17, 15) is 9.18 Å². The average molecular weight is 431 g/mol. The summed E-state index contributed by atoms with van der Waals surface area (Å²) in [5.74, 6) is -0.0128. The van der Waals surface area contributed by atoms with Crippen molar-refractivity contribution in [1.29, 1.82) is 0 Å². The summed E-state index contributed by atoms with van der Waals surface area (Å²) in [6.45, 7) is 3.35. The summed E-state index contributed by atoms with van der Waals surface area (Å²) in [6, 6.07) is 11.5. The molecule has 3 aromatic rings. The second kappa shape index (κ2) is 7.96. The zero-order valence-corrected chi connectivity index (χ0v) is 17.2. The van der Waals surface area contributed by atoms with Crippen LogP contribution in [0.3, 0.4) is 0 Å². The number of halogens is 2. The fourth-order valence-electron chi connectivity index (χ4n) is 3.18. The second-order valence-electron chi connectivity index (χ2n) is 6.19. The van der Waals surface area contributed by atoms with Gasteiger partial charge in [-0.25, -0.2) is 4.39 Å². The molecule has 2 aromatic carbocycles. The number of aromatic nitrogens is 3. The lowest BCUT2D eigenvalue weighted by atomic mass is 10.1. The topological polar surface area (TPSA) is 68.2 Å². The molecule has 2 heterocycles. The van der Waals surface area contributed by atoms with Gasteiger partial charge in [0.15, 0.2) is 5.69 Å². The standard InChI is InChI=1S/C20H16ClFN4O2S/c1-3-29-20-23-18-17(24-25-20)12-7-4-5-10-15(12)26(11(2)27)19(28-18)16-13(21)8-6-9-14(16)22/h4-10,19H,3H2,1-2H3. The third kappa shape index (κ3) is 3.54. The van der Waals surface area contributed by atoms with Crippen molar-refractivity contribution in [2.45, 2.75) is 25.2 Å². The first-order valence-corrected chi connectivity index (χ1v) is 10.2. The first-order valence-electron chi connectivity index (χ1n) is 8.88. The fraction of sp³-hybridized carbons (Fsp3) is 0.200. The van der Waals surface area contributed by atoms with Gasteiger partial charge in [0.1, 0.15) is 5.82 Å². The van der Waals surface area contributed by atoms with Gasteiger partial charge in [0.2, 0.25) is 23.2 Å². The number of ether oxygens (including phenoxy) is 1. The average Bonchev–Trinajstić information content (AvgIpc) is 2.82. The Morgan fingerprint density at radius 1 is 1.24 bits per heavy atom. The molecule has 0 spiro atoms. The lowest BCUT2D eigenvalue weighted by Crippen LogP contribution is -2.36. The Morgan fingerprint density at radius 2 is 2.03 bits per heavy atom. The Bertz CT molecular complexity index is 1080. The summed E-state index contributed by atoms with van der Waals surface area (Å²) in [4.78, 5) is 18.5. The number of hydrogen-bond donors (Lipinski definition) is 0. The third-order valence-electron chi connectivity index (χ3n) is 4.37. The number of para-hydroxylation sites is 1. The molecule has 1 aliphatic rings. The number of anilines is 1. The van der Waals surface area contributed by atoms with Crippen LogP contribution in [-0.2, 0) is 4.79 Å². The van der Waals surface area contributed by atoms with E-state index in [-0.39, 0.29) is 22.4 Å². The number of hydrogen-bond acceptors (Lipinski definition) is 6. The van der Waals surface area contributed by atoms with Crippen molar-refractivity contribution in [1.82, 2.24) is 15.2 Å². The van der Waals surface area contributed by atoms with E-state index in [1.165, 1.54) is 35.7 Å². The smallest absolute Gasteiger partial charge is 0.247 e. The molecule has 1 aromatic heterocycles. The monoisotopic (exact) mass is 430 g/mol. The van der Waals surface area contributed by atoms with Crippen LogP contribution in [0.25, 0.3) is 11.3 Å². The van der Waals surface area contributed by atoms with E-state index in [0.29, 0.717) is 22.1 Å². The van der Waals surface area contributed by atoms with Crippen molar-refractivity contribution in [3.63, 3.8) is 0 Å². The van der Waals surface area contributed by atoms with Crippen LogP contribution < -0.4 is 9.64 Å². The zero-order chi connectivity index (χ0) is 20.5. The number of rotatable bonds is 3. The van der Waals surface area contributed by atoms with Crippen LogP contribution in [0.2, 0.25) is 5.02 Å². The highest BCUT2D eigenvalue weighted by Gasteiger charge is 2.37. The minimum atomic E-state index is -1.15. The van der Waals surface area contributed by atoms with Gasteiger partial charge >= 0.3 is 0 Å². The van der Waals surface area contributed by atoms with Gasteiger partial charge in [-0.05, 0) is 24.0 Å². The first kappa shape index (κ1) is 19.6. The van der Waals surface area contributed by atoms with E-state index < -0.39 is 12.0 Å². The van der Waals surface area contributed by atoms with E-state index >= 15 is 0 Å². The number of carbonyl (C=O) groups is 1. The van der Waals surface area contributed by atoms with Crippen LogP contribution in [0.1, 0.15) is 25.6 Å². The van der Waals surface area contributed by atoms with E-state index in [1.54, 1.807) is 24.3 Å². The van der Waals surface area contributed by atoms with Gasteiger partial charge in [0.25, 0.3) is 0 Å². The van der Waals surface area contributed by atoms with Crippen molar-refractivity contribution >= 4 is 35.0 Å². The van der Waals surface area contributed by atoms with Crippen molar-refractivity contribution in [3.8, 4) is 17.1 Å². The Balaban J connectivity index is 1.99. The SMILES string of the molecule is CCSc1nnc2c(n1)OC(c1c(F)cccc1Cl)N(C(C)=O)c1ccccc1-2. The van der Waals surface area contributed by atoms with Crippen LogP contribution in [0.5, 0.6) is 5.88 Å². The zero-order valence-electron chi connectivity index (χ0n) is 15.6. The van der Waals surface area contributed by atoms with Crippen molar-refractivity contribution in [3.05, 3.63) is 58.9 Å².